The van der Waals surface area contributed by atoms with Gasteiger partial charge in [-0.2, -0.15) is 0 Å². The van der Waals surface area contributed by atoms with Crippen molar-refractivity contribution >= 4 is 35.5 Å². The Labute approximate surface area is 231 Å². The fourth-order valence-corrected chi connectivity index (χ4v) is 3.88. The Morgan fingerprint density at radius 2 is 1.30 bits per heavy atom. The summed E-state index contributed by atoms with van der Waals surface area (Å²) in [4.78, 5) is 23.5. The van der Waals surface area contributed by atoms with Crippen molar-refractivity contribution in [3.63, 3.8) is 0 Å². The van der Waals surface area contributed by atoms with Crippen LogP contribution in [0.4, 0.5) is 11.4 Å². The lowest BCUT2D eigenvalue weighted by atomic mass is 10.1. The standard InChI is InChI=1S/C29H30N2O9/c1-35-22-13-11-20(10-7-19-16-24(37-3)28(39-5)25(17-19)38-4)27(29(22)40-6)30-26(32)14-9-18-8-12-21(31(33)34)23(15-18)36-2/h7-17H,1-6H3,(H,30,32)/b10-7?,14-9+. The molecule has 0 aliphatic rings. The summed E-state index contributed by atoms with van der Waals surface area (Å²) in [6, 6.07) is 11.4. The normalized spacial score (nSPS) is 10.8. The van der Waals surface area contributed by atoms with Gasteiger partial charge in [0.25, 0.3) is 0 Å². The molecule has 0 spiro atoms. The van der Waals surface area contributed by atoms with Crippen LogP contribution >= 0.6 is 0 Å². The molecule has 3 aromatic carbocycles. The molecule has 0 fully saturated rings. The van der Waals surface area contributed by atoms with E-state index in [0.29, 0.717) is 45.6 Å². The van der Waals surface area contributed by atoms with Crippen LogP contribution in [0.2, 0.25) is 0 Å². The summed E-state index contributed by atoms with van der Waals surface area (Å²) < 4.78 is 32.3. The third kappa shape index (κ3) is 6.62. The number of nitrogens with one attached hydrogen (secondary N) is 1. The van der Waals surface area contributed by atoms with Gasteiger partial charge in [0, 0.05) is 17.7 Å². The van der Waals surface area contributed by atoms with Crippen molar-refractivity contribution in [1.82, 2.24) is 0 Å². The van der Waals surface area contributed by atoms with Gasteiger partial charge in [-0.25, -0.2) is 0 Å². The molecule has 3 aromatic rings. The van der Waals surface area contributed by atoms with Gasteiger partial charge >= 0.3 is 5.69 Å². The molecule has 0 heterocycles. The van der Waals surface area contributed by atoms with Crippen LogP contribution in [0.25, 0.3) is 18.2 Å². The zero-order chi connectivity index (χ0) is 29.2. The number of benzene rings is 3. The van der Waals surface area contributed by atoms with Crippen LogP contribution in [0.15, 0.2) is 48.5 Å². The lowest BCUT2D eigenvalue weighted by Gasteiger charge is -2.16. The number of hydrogen-bond acceptors (Lipinski definition) is 9. The molecule has 1 amide bonds. The van der Waals surface area contributed by atoms with Gasteiger partial charge in [0.1, 0.15) is 0 Å². The third-order valence-electron chi connectivity index (χ3n) is 5.80. The molecule has 0 bridgehead atoms. The first-order valence-electron chi connectivity index (χ1n) is 11.8. The van der Waals surface area contributed by atoms with E-state index in [-0.39, 0.29) is 11.4 Å². The van der Waals surface area contributed by atoms with Crippen LogP contribution in [0.5, 0.6) is 34.5 Å². The number of methoxy groups -OCH3 is 6. The number of ether oxygens (including phenoxy) is 6. The molecule has 0 aromatic heterocycles. The summed E-state index contributed by atoms with van der Waals surface area (Å²) >= 11 is 0. The number of amides is 1. The first-order chi connectivity index (χ1) is 19.3. The molecule has 3 rings (SSSR count). The van der Waals surface area contributed by atoms with Gasteiger partial charge in [-0.05, 0) is 53.6 Å². The molecule has 0 radical (unpaired) electrons. The Bertz CT molecular complexity index is 1420. The highest BCUT2D eigenvalue weighted by atomic mass is 16.6. The third-order valence-corrected chi connectivity index (χ3v) is 5.80. The zero-order valence-corrected chi connectivity index (χ0v) is 23.0. The lowest BCUT2D eigenvalue weighted by molar-refractivity contribution is -0.385. The minimum absolute atomic E-state index is 0.0845. The topological polar surface area (TPSA) is 128 Å². The summed E-state index contributed by atoms with van der Waals surface area (Å²) in [6.45, 7) is 0. The van der Waals surface area contributed by atoms with E-state index in [0.717, 1.165) is 5.56 Å². The van der Waals surface area contributed by atoms with Crippen molar-refractivity contribution in [2.24, 2.45) is 0 Å². The second-order valence-corrected chi connectivity index (χ2v) is 8.07. The maximum Gasteiger partial charge on any atom is 0.310 e. The van der Waals surface area contributed by atoms with Crippen molar-refractivity contribution in [1.29, 1.82) is 0 Å². The highest BCUT2D eigenvalue weighted by Gasteiger charge is 2.17. The monoisotopic (exact) mass is 550 g/mol. The second kappa shape index (κ2) is 13.6. The fraction of sp³-hybridized carbons (Fsp3) is 0.207. The lowest BCUT2D eigenvalue weighted by Crippen LogP contribution is -2.11. The molecule has 0 aliphatic carbocycles. The number of anilines is 1. The molecular formula is C29H30N2O9. The molecule has 0 atom stereocenters. The smallest absolute Gasteiger partial charge is 0.310 e. The summed E-state index contributed by atoms with van der Waals surface area (Å²) in [7, 11) is 8.90. The zero-order valence-electron chi connectivity index (χ0n) is 23.0. The summed E-state index contributed by atoms with van der Waals surface area (Å²) in [5.41, 5.74) is 2.13. The predicted octanol–water partition coefficient (Wildman–Crippen LogP) is 5.47. The van der Waals surface area contributed by atoms with E-state index < -0.39 is 10.8 Å². The number of nitro groups is 1. The SMILES string of the molecule is COc1cc(/C=C/C(=O)Nc2c(C=Cc3cc(OC)c(OC)c(OC)c3)ccc(OC)c2OC)ccc1[N+](=O)[O-]. The van der Waals surface area contributed by atoms with Gasteiger partial charge in [0.2, 0.25) is 11.7 Å². The molecule has 0 saturated carbocycles. The number of rotatable bonds is 12. The Hall–Kier alpha value is -5.19. The number of carbonyl (C=O) groups is 1. The Balaban J connectivity index is 1.96. The minimum atomic E-state index is -0.540. The molecular weight excluding hydrogens is 520 g/mol. The van der Waals surface area contributed by atoms with Crippen molar-refractivity contribution < 1.29 is 38.1 Å². The quantitative estimate of drug-likeness (QED) is 0.135. The predicted molar refractivity (Wildman–Crippen MR) is 152 cm³/mol. The maximum atomic E-state index is 12.9. The summed E-state index contributed by atoms with van der Waals surface area (Å²) in [5, 5.41) is 14.0. The summed E-state index contributed by atoms with van der Waals surface area (Å²) in [6.07, 6.45) is 6.43. The van der Waals surface area contributed by atoms with Crippen LogP contribution in [-0.4, -0.2) is 53.5 Å². The maximum absolute atomic E-state index is 12.9. The van der Waals surface area contributed by atoms with Crippen LogP contribution < -0.4 is 33.7 Å². The van der Waals surface area contributed by atoms with E-state index in [9.17, 15) is 14.9 Å². The number of nitrogens with zero attached hydrogens (tertiary/aromatic N) is 1. The molecule has 0 unspecified atom stereocenters. The van der Waals surface area contributed by atoms with E-state index in [2.05, 4.69) is 5.32 Å². The Morgan fingerprint density at radius 3 is 1.85 bits per heavy atom. The molecule has 11 heteroatoms. The van der Waals surface area contributed by atoms with Crippen molar-refractivity contribution in [2.45, 2.75) is 0 Å². The van der Waals surface area contributed by atoms with E-state index in [1.54, 1.807) is 30.3 Å². The first kappa shape index (κ1) is 29.4. The van der Waals surface area contributed by atoms with Crippen LogP contribution in [0.3, 0.4) is 0 Å². The van der Waals surface area contributed by atoms with E-state index in [1.807, 2.05) is 6.08 Å². The Kier molecular flexibility index (Phi) is 9.95. The average Bonchev–Trinajstić information content (AvgIpc) is 2.97. The van der Waals surface area contributed by atoms with Crippen LogP contribution in [0, 0.1) is 10.1 Å². The first-order valence-corrected chi connectivity index (χ1v) is 11.8. The summed E-state index contributed by atoms with van der Waals surface area (Å²) in [5.74, 6) is 1.83. The van der Waals surface area contributed by atoms with Crippen LogP contribution in [0.1, 0.15) is 16.7 Å². The van der Waals surface area contributed by atoms with E-state index in [1.165, 1.54) is 73.0 Å². The van der Waals surface area contributed by atoms with Gasteiger partial charge in [-0.3, -0.25) is 14.9 Å². The highest BCUT2D eigenvalue weighted by Crippen LogP contribution is 2.41. The van der Waals surface area contributed by atoms with Gasteiger partial charge in [0.15, 0.2) is 28.7 Å². The van der Waals surface area contributed by atoms with Crippen molar-refractivity contribution in [2.75, 3.05) is 48.0 Å². The number of hydrogen-bond donors (Lipinski definition) is 1. The minimum Gasteiger partial charge on any atom is -0.493 e. The average molecular weight is 551 g/mol. The van der Waals surface area contributed by atoms with Gasteiger partial charge in [-0.15, -0.1) is 0 Å². The molecule has 0 aliphatic heterocycles. The molecule has 1 N–H and O–H groups in total. The number of carbonyl (C=O) groups excluding carboxylic acids is 1. The van der Waals surface area contributed by atoms with Crippen molar-refractivity contribution in [3.05, 3.63) is 75.3 Å². The molecule has 210 valence electrons. The second-order valence-electron chi connectivity index (χ2n) is 8.07. The van der Waals surface area contributed by atoms with E-state index in [4.69, 9.17) is 28.4 Å². The highest BCUT2D eigenvalue weighted by molar-refractivity contribution is 6.05. The molecule has 40 heavy (non-hydrogen) atoms. The molecule has 0 saturated heterocycles. The number of nitro benzene ring substituents is 1. The molecule has 11 nitrogen and oxygen atoms in total. The van der Waals surface area contributed by atoms with Gasteiger partial charge in [0.05, 0.1) is 53.3 Å². The largest absolute Gasteiger partial charge is 0.493 e. The van der Waals surface area contributed by atoms with Gasteiger partial charge < -0.3 is 33.7 Å². The van der Waals surface area contributed by atoms with Gasteiger partial charge in [-0.1, -0.05) is 12.2 Å². The fourth-order valence-electron chi connectivity index (χ4n) is 3.88. The van der Waals surface area contributed by atoms with Crippen LogP contribution in [-0.2, 0) is 4.79 Å². The Morgan fingerprint density at radius 1 is 0.700 bits per heavy atom. The van der Waals surface area contributed by atoms with E-state index >= 15 is 0 Å². The van der Waals surface area contributed by atoms with Crippen molar-refractivity contribution in [3.8, 4) is 34.5 Å².